The van der Waals surface area contributed by atoms with Crippen molar-refractivity contribution in [3.05, 3.63) is 48.2 Å². The zero-order valence-electron chi connectivity index (χ0n) is 8.47. The second-order valence-corrected chi connectivity index (χ2v) is 3.25. The molecule has 2 nitrogen and oxygen atoms in total. The Kier molecular flexibility index (Phi) is 3.69. The van der Waals surface area contributed by atoms with Gasteiger partial charge in [0.1, 0.15) is 5.82 Å². The summed E-state index contributed by atoms with van der Waals surface area (Å²) in [6.45, 7) is 2.07. The largest absolute Gasteiger partial charge is 0.383 e. The van der Waals surface area contributed by atoms with Gasteiger partial charge in [-0.2, -0.15) is 0 Å². The lowest BCUT2D eigenvalue weighted by atomic mass is 10.0. The highest BCUT2D eigenvalue weighted by molar-refractivity contribution is 5.85. The number of aromatic nitrogens is 1. The number of halogens is 1. The summed E-state index contributed by atoms with van der Waals surface area (Å²) in [5.41, 5.74) is 9.18. The molecule has 0 radical (unpaired) electrons. The quantitative estimate of drug-likeness (QED) is 0.802. The summed E-state index contributed by atoms with van der Waals surface area (Å²) in [5, 5.41) is 0. The van der Waals surface area contributed by atoms with Crippen LogP contribution < -0.4 is 5.73 Å². The van der Waals surface area contributed by atoms with Crippen LogP contribution in [0.1, 0.15) is 5.56 Å². The fraction of sp³-hybridized carbons (Fsp3) is 0.0833. The van der Waals surface area contributed by atoms with Gasteiger partial charge in [-0.25, -0.2) is 4.98 Å². The second kappa shape index (κ2) is 4.80. The molecule has 1 heterocycles. The van der Waals surface area contributed by atoms with Crippen LogP contribution in [0.3, 0.4) is 0 Å². The van der Waals surface area contributed by atoms with Crippen LogP contribution >= 0.6 is 12.4 Å². The number of hydrogen-bond donors (Lipinski definition) is 1. The van der Waals surface area contributed by atoms with Crippen LogP contribution in [0, 0.1) is 6.92 Å². The fourth-order valence-corrected chi connectivity index (χ4v) is 1.52. The minimum Gasteiger partial charge on any atom is -0.383 e. The average Bonchev–Trinajstić information content (AvgIpc) is 2.20. The van der Waals surface area contributed by atoms with Crippen molar-refractivity contribution in [2.24, 2.45) is 0 Å². The van der Waals surface area contributed by atoms with E-state index in [1.807, 2.05) is 24.3 Å². The lowest BCUT2D eigenvalue weighted by molar-refractivity contribution is 1.33. The highest BCUT2D eigenvalue weighted by Gasteiger charge is 2.04. The molecule has 0 amide bonds. The molecule has 0 saturated heterocycles. The molecule has 0 aliphatic carbocycles. The maximum absolute atomic E-state index is 5.81. The number of nitrogen functional groups attached to an aromatic ring is 1. The minimum atomic E-state index is 0. The van der Waals surface area contributed by atoms with Gasteiger partial charge in [-0.05, 0) is 30.2 Å². The maximum atomic E-state index is 5.81. The highest BCUT2D eigenvalue weighted by Crippen LogP contribution is 2.26. The molecule has 0 unspecified atom stereocenters. The van der Waals surface area contributed by atoms with Crippen LogP contribution in [0.25, 0.3) is 11.1 Å². The highest BCUT2D eigenvalue weighted by atomic mass is 35.5. The molecule has 1 aromatic heterocycles. The van der Waals surface area contributed by atoms with Gasteiger partial charge in [-0.15, -0.1) is 12.4 Å². The molecular formula is C12H13ClN2. The van der Waals surface area contributed by atoms with Crippen LogP contribution in [-0.4, -0.2) is 4.98 Å². The number of anilines is 1. The predicted molar refractivity (Wildman–Crippen MR) is 66.1 cm³/mol. The first-order chi connectivity index (χ1) is 6.79. The van der Waals surface area contributed by atoms with Gasteiger partial charge < -0.3 is 5.73 Å². The Morgan fingerprint density at radius 3 is 2.33 bits per heavy atom. The first-order valence-electron chi connectivity index (χ1n) is 4.55. The minimum absolute atomic E-state index is 0. The van der Waals surface area contributed by atoms with E-state index in [2.05, 4.69) is 24.0 Å². The van der Waals surface area contributed by atoms with E-state index in [9.17, 15) is 0 Å². The third-order valence-corrected chi connectivity index (χ3v) is 2.27. The van der Waals surface area contributed by atoms with Crippen LogP contribution in [-0.2, 0) is 0 Å². The molecule has 2 aromatic rings. The number of pyridine rings is 1. The normalized spacial score (nSPS) is 9.40. The number of aryl methyl sites for hydroxylation is 1. The molecule has 0 bridgehead atoms. The van der Waals surface area contributed by atoms with Crippen molar-refractivity contribution in [2.45, 2.75) is 6.92 Å². The van der Waals surface area contributed by atoms with E-state index < -0.39 is 0 Å². The Hall–Kier alpha value is -1.54. The van der Waals surface area contributed by atoms with Crippen molar-refractivity contribution >= 4 is 18.2 Å². The first-order valence-corrected chi connectivity index (χ1v) is 4.55. The smallest absolute Gasteiger partial charge is 0.131 e. The van der Waals surface area contributed by atoms with Crippen molar-refractivity contribution in [1.82, 2.24) is 4.98 Å². The van der Waals surface area contributed by atoms with Gasteiger partial charge >= 0.3 is 0 Å². The molecule has 0 atom stereocenters. The third-order valence-electron chi connectivity index (χ3n) is 2.27. The number of rotatable bonds is 1. The Morgan fingerprint density at radius 1 is 1.00 bits per heavy atom. The van der Waals surface area contributed by atoms with Gasteiger partial charge in [0.15, 0.2) is 0 Å². The van der Waals surface area contributed by atoms with Gasteiger partial charge in [0.2, 0.25) is 0 Å². The Bertz CT molecular complexity index is 411. The summed E-state index contributed by atoms with van der Waals surface area (Å²) in [6, 6.07) is 12.0. The van der Waals surface area contributed by atoms with E-state index in [0.717, 1.165) is 11.1 Å². The summed E-state index contributed by atoms with van der Waals surface area (Å²) in [6.07, 6.45) is 1.71. The molecule has 0 aliphatic heterocycles. The Morgan fingerprint density at radius 2 is 1.67 bits per heavy atom. The zero-order valence-corrected chi connectivity index (χ0v) is 9.29. The van der Waals surface area contributed by atoms with Crippen LogP contribution in [0.2, 0.25) is 0 Å². The Labute approximate surface area is 95.6 Å². The molecule has 0 saturated carbocycles. The standard InChI is InChI=1S/C12H12N2.ClH/c1-9-5-2-3-6-10(9)11-7-4-8-14-12(11)13;/h2-8H,1H3,(H2,13,14);1H. The third kappa shape index (κ3) is 2.28. The van der Waals surface area contributed by atoms with E-state index in [1.165, 1.54) is 5.56 Å². The predicted octanol–water partition coefficient (Wildman–Crippen LogP) is 3.06. The summed E-state index contributed by atoms with van der Waals surface area (Å²) in [5.74, 6) is 0.585. The molecule has 2 rings (SSSR count). The van der Waals surface area contributed by atoms with Gasteiger partial charge in [0.05, 0.1) is 0 Å². The lowest BCUT2D eigenvalue weighted by Crippen LogP contribution is -1.93. The molecule has 3 heteroatoms. The molecule has 0 aliphatic rings. The van der Waals surface area contributed by atoms with E-state index in [-0.39, 0.29) is 12.4 Å². The van der Waals surface area contributed by atoms with E-state index in [4.69, 9.17) is 5.73 Å². The average molecular weight is 221 g/mol. The molecule has 15 heavy (non-hydrogen) atoms. The summed E-state index contributed by atoms with van der Waals surface area (Å²) < 4.78 is 0. The van der Waals surface area contributed by atoms with Gasteiger partial charge in [-0.3, -0.25) is 0 Å². The fourth-order valence-electron chi connectivity index (χ4n) is 1.52. The first kappa shape index (κ1) is 11.5. The zero-order chi connectivity index (χ0) is 9.97. The van der Waals surface area contributed by atoms with Crippen molar-refractivity contribution in [3.8, 4) is 11.1 Å². The van der Waals surface area contributed by atoms with E-state index in [1.54, 1.807) is 6.20 Å². The molecule has 1 aromatic carbocycles. The van der Waals surface area contributed by atoms with Gasteiger partial charge in [-0.1, -0.05) is 24.3 Å². The number of nitrogens with two attached hydrogens (primary N) is 1. The van der Waals surface area contributed by atoms with Crippen molar-refractivity contribution in [3.63, 3.8) is 0 Å². The van der Waals surface area contributed by atoms with Crippen molar-refractivity contribution in [1.29, 1.82) is 0 Å². The molecule has 0 spiro atoms. The van der Waals surface area contributed by atoms with Crippen molar-refractivity contribution in [2.75, 3.05) is 5.73 Å². The summed E-state index contributed by atoms with van der Waals surface area (Å²) >= 11 is 0. The van der Waals surface area contributed by atoms with Crippen molar-refractivity contribution < 1.29 is 0 Å². The molecular weight excluding hydrogens is 208 g/mol. The number of nitrogens with zero attached hydrogens (tertiary/aromatic N) is 1. The van der Waals surface area contributed by atoms with Gasteiger partial charge in [0.25, 0.3) is 0 Å². The van der Waals surface area contributed by atoms with E-state index >= 15 is 0 Å². The monoisotopic (exact) mass is 220 g/mol. The lowest BCUT2D eigenvalue weighted by Gasteiger charge is -2.07. The molecule has 2 N–H and O–H groups in total. The van der Waals surface area contributed by atoms with E-state index in [0.29, 0.717) is 5.82 Å². The van der Waals surface area contributed by atoms with Gasteiger partial charge in [0, 0.05) is 11.8 Å². The SMILES string of the molecule is Cc1ccccc1-c1cccnc1N.Cl. The van der Waals surface area contributed by atoms with Crippen LogP contribution in [0.5, 0.6) is 0 Å². The summed E-state index contributed by atoms with van der Waals surface area (Å²) in [4.78, 5) is 4.07. The number of hydrogen-bond acceptors (Lipinski definition) is 2. The maximum Gasteiger partial charge on any atom is 0.131 e. The Balaban J connectivity index is 0.00000112. The second-order valence-electron chi connectivity index (χ2n) is 3.25. The number of benzene rings is 1. The topological polar surface area (TPSA) is 38.9 Å². The van der Waals surface area contributed by atoms with Crippen LogP contribution in [0.4, 0.5) is 5.82 Å². The van der Waals surface area contributed by atoms with Crippen LogP contribution in [0.15, 0.2) is 42.6 Å². The molecule has 78 valence electrons. The summed E-state index contributed by atoms with van der Waals surface area (Å²) in [7, 11) is 0. The molecule has 0 fully saturated rings.